The van der Waals surface area contributed by atoms with Crippen LogP contribution in [0, 0.1) is 5.92 Å². The van der Waals surface area contributed by atoms with Gasteiger partial charge in [0.15, 0.2) is 0 Å². The monoisotopic (exact) mass is 329 g/mol. The maximum Gasteiger partial charge on any atom is 0.0736 e. The summed E-state index contributed by atoms with van der Waals surface area (Å²) in [6.07, 6.45) is 8.95. The molecule has 0 aromatic carbocycles. The average Bonchev–Trinajstić information content (AvgIpc) is 3.15. The van der Waals surface area contributed by atoms with Gasteiger partial charge in [-0.05, 0) is 25.7 Å². The van der Waals surface area contributed by atoms with Gasteiger partial charge in [0.1, 0.15) is 0 Å². The molecule has 2 aromatic rings. The van der Waals surface area contributed by atoms with Gasteiger partial charge in [-0.3, -0.25) is 14.3 Å². The van der Waals surface area contributed by atoms with Gasteiger partial charge in [-0.15, -0.1) is 0 Å². The van der Waals surface area contributed by atoms with E-state index in [1.165, 1.54) is 29.7 Å². The first-order valence-corrected chi connectivity index (χ1v) is 9.05. The zero-order chi connectivity index (χ0) is 16.5. The molecule has 1 fully saturated rings. The van der Waals surface area contributed by atoms with Crippen LogP contribution < -0.4 is 0 Å². The van der Waals surface area contributed by atoms with Gasteiger partial charge in [0.2, 0.25) is 0 Å². The van der Waals surface area contributed by atoms with E-state index in [4.69, 9.17) is 9.84 Å². The van der Waals surface area contributed by atoms with E-state index in [9.17, 15) is 0 Å². The number of rotatable bonds is 7. The van der Waals surface area contributed by atoms with E-state index in [-0.39, 0.29) is 0 Å². The quantitative estimate of drug-likeness (QED) is 0.781. The fourth-order valence-electron chi connectivity index (χ4n) is 3.53. The first-order valence-electron chi connectivity index (χ1n) is 9.05. The zero-order valence-electron chi connectivity index (χ0n) is 14.7. The number of ether oxygens (including phenoxy) is 1. The van der Waals surface area contributed by atoms with Gasteiger partial charge in [0.05, 0.1) is 18.5 Å². The third-order valence-corrected chi connectivity index (χ3v) is 4.99. The molecule has 24 heavy (non-hydrogen) atoms. The third-order valence-electron chi connectivity index (χ3n) is 4.99. The van der Waals surface area contributed by atoms with E-state index < -0.39 is 0 Å². The predicted molar refractivity (Wildman–Crippen MR) is 91.5 cm³/mol. The SMILES string of the molecule is CCn1cc2c(n1)[C@@H](COCC1CC1)CN(Cc1cnn(C)c1)C2. The van der Waals surface area contributed by atoms with Gasteiger partial charge in [0, 0.05) is 69.3 Å². The molecule has 0 saturated heterocycles. The molecule has 6 heteroatoms. The van der Waals surface area contributed by atoms with Crippen LogP contribution in [0.4, 0.5) is 0 Å². The molecule has 1 saturated carbocycles. The Bertz CT molecular complexity index is 687. The predicted octanol–water partition coefficient (Wildman–Crippen LogP) is 2.16. The number of nitrogens with zero attached hydrogens (tertiary/aromatic N) is 5. The molecule has 0 radical (unpaired) electrons. The molecule has 3 heterocycles. The van der Waals surface area contributed by atoms with Gasteiger partial charge in [0.25, 0.3) is 0 Å². The lowest BCUT2D eigenvalue weighted by atomic mass is 9.97. The highest BCUT2D eigenvalue weighted by atomic mass is 16.5. The molecular formula is C18H27N5O. The number of hydrogen-bond acceptors (Lipinski definition) is 4. The Balaban J connectivity index is 1.46. The summed E-state index contributed by atoms with van der Waals surface area (Å²) in [5.74, 6) is 1.18. The second-order valence-electron chi connectivity index (χ2n) is 7.26. The summed E-state index contributed by atoms with van der Waals surface area (Å²) in [6.45, 7) is 7.67. The second-order valence-corrected chi connectivity index (χ2v) is 7.26. The molecule has 2 aromatic heterocycles. The Kier molecular flexibility index (Phi) is 4.41. The molecule has 1 aliphatic heterocycles. The van der Waals surface area contributed by atoms with Crippen molar-refractivity contribution in [1.82, 2.24) is 24.5 Å². The van der Waals surface area contributed by atoms with Gasteiger partial charge in [-0.25, -0.2) is 0 Å². The van der Waals surface area contributed by atoms with Crippen molar-refractivity contribution < 1.29 is 4.74 Å². The number of aromatic nitrogens is 4. The lowest BCUT2D eigenvalue weighted by molar-refractivity contribution is 0.0881. The fraction of sp³-hybridized carbons (Fsp3) is 0.667. The molecule has 0 N–H and O–H groups in total. The summed E-state index contributed by atoms with van der Waals surface area (Å²) in [4.78, 5) is 2.49. The number of hydrogen-bond donors (Lipinski definition) is 0. The van der Waals surface area contributed by atoms with Gasteiger partial charge < -0.3 is 4.74 Å². The van der Waals surface area contributed by atoms with Crippen LogP contribution in [0.1, 0.15) is 42.5 Å². The Morgan fingerprint density at radius 3 is 2.83 bits per heavy atom. The first kappa shape index (κ1) is 15.8. The van der Waals surface area contributed by atoms with Crippen molar-refractivity contribution in [2.75, 3.05) is 19.8 Å². The van der Waals surface area contributed by atoms with Crippen molar-refractivity contribution in [1.29, 1.82) is 0 Å². The number of fused-ring (bicyclic) bond motifs is 1. The van der Waals surface area contributed by atoms with Crippen LogP contribution in [0.25, 0.3) is 0 Å². The Hall–Kier alpha value is -1.66. The molecular weight excluding hydrogens is 302 g/mol. The standard InChI is InChI=1S/C18H27N5O/c1-3-23-11-16-9-22(8-15-6-19-21(2)7-15)10-17(18(16)20-23)13-24-12-14-4-5-14/h6-7,11,14,17H,3-5,8-10,12-13H2,1-2H3/t17-/m1/s1. The molecule has 2 aliphatic rings. The molecule has 1 atom stereocenters. The van der Waals surface area contributed by atoms with Crippen molar-refractivity contribution in [3.8, 4) is 0 Å². The maximum absolute atomic E-state index is 6.01. The second kappa shape index (κ2) is 6.69. The minimum absolute atomic E-state index is 0.372. The molecule has 4 rings (SSSR count). The molecule has 0 bridgehead atoms. The highest BCUT2D eigenvalue weighted by molar-refractivity contribution is 5.25. The van der Waals surface area contributed by atoms with Gasteiger partial charge >= 0.3 is 0 Å². The van der Waals surface area contributed by atoms with Crippen LogP contribution in [-0.2, 0) is 31.4 Å². The Labute approximate surface area is 143 Å². The lowest BCUT2D eigenvalue weighted by Crippen LogP contribution is -2.34. The molecule has 0 spiro atoms. The highest BCUT2D eigenvalue weighted by Crippen LogP contribution is 2.31. The number of aryl methyl sites for hydroxylation is 2. The van der Waals surface area contributed by atoms with Crippen LogP contribution >= 0.6 is 0 Å². The molecule has 1 aliphatic carbocycles. The van der Waals surface area contributed by atoms with Crippen LogP contribution in [-0.4, -0.2) is 44.2 Å². The van der Waals surface area contributed by atoms with E-state index in [1.807, 2.05) is 17.9 Å². The smallest absolute Gasteiger partial charge is 0.0736 e. The largest absolute Gasteiger partial charge is 0.380 e. The van der Waals surface area contributed by atoms with Crippen LogP contribution in [0.3, 0.4) is 0 Å². The van der Waals surface area contributed by atoms with Crippen LogP contribution in [0.2, 0.25) is 0 Å². The minimum Gasteiger partial charge on any atom is -0.380 e. The summed E-state index contributed by atoms with van der Waals surface area (Å²) < 4.78 is 9.94. The topological polar surface area (TPSA) is 48.1 Å². The molecule has 130 valence electrons. The normalized spacial score (nSPS) is 21.2. The van der Waals surface area contributed by atoms with E-state index in [0.29, 0.717) is 5.92 Å². The summed E-state index contributed by atoms with van der Waals surface area (Å²) in [5.41, 5.74) is 3.86. The third kappa shape index (κ3) is 3.54. The van der Waals surface area contributed by atoms with Crippen LogP contribution in [0.5, 0.6) is 0 Å². The van der Waals surface area contributed by atoms with Crippen molar-refractivity contribution in [2.24, 2.45) is 13.0 Å². The van der Waals surface area contributed by atoms with Crippen molar-refractivity contribution >= 4 is 0 Å². The minimum atomic E-state index is 0.372. The van der Waals surface area contributed by atoms with Crippen molar-refractivity contribution in [3.05, 3.63) is 35.4 Å². The Morgan fingerprint density at radius 2 is 2.12 bits per heavy atom. The Morgan fingerprint density at radius 1 is 1.25 bits per heavy atom. The molecule has 0 unspecified atom stereocenters. The molecule has 6 nitrogen and oxygen atoms in total. The fourth-order valence-corrected chi connectivity index (χ4v) is 3.53. The summed E-state index contributed by atoms with van der Waals surface area (Å²) in [6, 6.07) is 0. The summed E-state index contributed by atoms with van der Waals surface area (Å²) >= 11 is 0. The van der Waals surface area contributed by atoms with E-state index in [1.54, 1.807) is 0 Å². The van der Waals surface area contributed by atoms with E-state index in [0.717, 1.165) is 45.3 Å². The maximum atomic E-state index is 6.01. The van der Waals surface area contributed by atoms with Crippen molar-refractivity contribution in [3.63, 3.8) is 0 Å². The average molecular weight is 329 g/mol. The highest BCUT2D eigenvalue weighted by Gasteiger charge is 2.30. The van der Waals surface area contributed by atoms with E-state index >= 15 is 0 Å². The van der Waals surface area contributed by atoms with Crippen LogP contribution in [0.15, 0.2) is 18.6 Å². The van der Waals surface area contributed by atoms with E-state index in [2.05, 4.69) is 34.0 Å². The van der Waals surface area contributed by atoms with Gasteiger partial charge in [-0.2, -0.15) is 10.2 Å². The van der Waals surface area contributed by atoms with Gasteiger partial charge in [-0.1, -0.05) is 0 Å². The van der Waals surface area contributed by atoms with Crippen molar-refractivity contribution in [2.45, 2.75) is 45.3 Å². The molecule has 0 amide bonds. The zero-order valence-corrected chi connectivity index (χ0v) is 14.7. The summed E-state index contributed by atoms with van der Waals surface area (Å²) in [5, 5.41) is 9.09. The lowest BCUT2D eigenvalue weighted by Gasteiger charge is -2.31. The summed E-state index contributed by atoms with van der Waals surface area (Å²) in [7, 11) is 1.97. The first-order chi connectivity index (χ1) is 11.7.